The number of halogens is 1. The number of carbonyl (C=O) groups is 3. The average Bonchev–Trinajstić information content (AvgIpc) is 3.29. The highest BCUT2D eigenvalue weighted by Gasteiger charge is 2.47. The van der Waals surface area contributed by atoms with Crippen molar-refractivity contribution in [1.82, 2.24) is 4.90 Å². The molecule has 1 unspecified atom stereocenters. The van der Waals surface area contributed by atoms with E-state index in [2.05, 4.69) is 5.32 Å². The first-order valence-corrected chi connectivity index (χ1v) is 9.69. The molecule has 0 radical (unpaired) electrons. The summed E-state index contributed by atoms with van der Waals surface area (Å²) in [5, 5.41) is 2.64. The number of hydrogen-bond acceptors (Lipinski definition) is 6. The minimum atomic E-state index is -1.07. The van der Waals surface area contributed by atoms with Crippen molar-refractivity contribution in [2.75, 3.05) is 19.5 Å². The number of nitrogens with zero attached hydrogens (tertiary/aromatic N) is 1. The first-order chi connectivity index (χ1) is 14.8. The summed E-state index contributed by atoms with van der Waals surface area (Å²) in [6, 6.07) is 6.70. The second-order valence-electron chi connectivity index (χ2n) is 7.33. The molecule has 1 fully saturated rings. The summed E-state index contributed by atoms with van der Waals surface area (Å²) < 4.78 is 29.9. The number of fused-ring (bicyclic) bond motifs is 1. The lowest BCUT2D eigenvalue weighted by atomic mass is 10.0. The third-order valence-corrected chi connectivity index (χ3v) is 5.52. The molecular formula is C22H21FN2O6. The molecule has 0 aliphatic carbocycles. The fraction of sp³-hybridized carbons (Fsp3) is 0.318. The van der Waals surface area contributed by atoms with Crippen LogP contribution in [0.5, 0.6) is 11.5 Å². The van der Waals surface area contributed by atoms with E-state index in [0.717, 1.165) is 0 Å². The van der Waals surface area contributed by atoms with Gasteiger partial charge >= 0.3 is 5.97 Å². The van der Waals surface area contributed by atoms with Crippen molar-refractivity contribution in [2.45, 2.75) is 32.0 Å². The number of rotatable bonds is 5. The lowest BCUT2D eigenvalue weighted by Gasteiger charge is -2.29. The minimum absolute atomic E-state index is 0.122. The fourth-order valence-electron chi connectivity index (χ4n) is 3.94. The molecule has 0 spiro atoms. The second-order valence-corrected chi connectivity index (χ2v) is 7.33. The lowest BCUT2D eigenvalue weighted by molar-refractivity contribution is -0.144. The van der Waals surface area contributed by atoms with Gasteiger partial charge in [-0.3, -0.25) is 14.5 Å². The predicted octanol–water partition coefficient (Wildman–Crippen LogP) is 2.95. The third kappa shape index (κ3) is 3.45. The predicted molar refractivity (Wildman–Crippen MR) is 107 cm³/mol. The molecule has 9 heteroatoms. The summed E-state index contributed by atoms with van der Waals surface area (Å²) in [5.74, 6) is -1.38. The largest absolute Gasteiger partial charge is 0.493 e. The van der Waals surface area contributed by atoms with Crippen LogP contribution in [-0.4, -0.2) is 42.9 Å². The Morgan fingerprint density at radius 3 is 2.65 bits per heavy atom. The number of anilines is 1. The molecule has 2 atom stereocenters. The van der Waals surface area contributed by atoms with E-state index in [-0.39, 0.29) is 35.7 Å². The van der Waals surface area contributed by atoms with Crippen molar-refractivity contribution in [2.24, 2.45) is 0 Å². The number of likely N-dealkylation sites (tertiary alicyclic amines) is 1. The zero-order valence-corrected chi connectivity index (χ0v) is 17.2. The molecule has 31 heavy (non-hydrogen) atoms. The molecule has 2 amide bonds. The Labute approximate surface area is 177 Å². The highest BCUT2D eigenvalue weighted by atomic mass is 19.1. The summed E-state index contributed by atoms with van der Waals surface area (Å²) in [6.07, 6.45) is -0.699. The van der Waals surface area contributed by atoms with Crippen LogP contribution in [0.15, 0.2) is 30.3 Å². The highest BCUT2D eigenvalue weighted by Crippen LogP contribution is 2.45. The van der Waals surface area contributed by atoms with Gasteiger partial charge in [0.05, 0.1) is 14.2 Å². The van der Waals surface area contributed by atoms with Crippen molar-refractivity contribution in [1.29, 1.82) is 0 Å². The Morgan fingerprint density at radius 1 is 1.19 bits per heavy atom. The smallest absolute Gasteiger partial charge is 0.344 e. The molecule has 8 nitrogen and oxygen atoms in total. The fourth-order valence-corrected chi connectivity index (χ4v) is 3.94. The molecule has 2 aromatic rings. The molecule has 2 aliphatic rings. The Hall–Kier alpha value is -3.62. The first kappa shape index (κ1) is 20.6. The minimum Gasteiger partial charge on any atom is -0.493 e. The van der Waals surface area contributed by atoms with Gasteiger partial charge in [0.1, 0.15) is 17.4 Å². The van der Waals surface area contributed by atoms with Gasteiger partial charge in [0.15, 0.2) is 11.5 Å². The Bertz CT molecular complexity index is 1090. The number of cyclic esters (lactones) is 1. The van der Waals surface area contributed by atoms with Crippen molar-refractivity contribution < 1.29 is 33.0 Å². The van der Waals surface area contributed by atoms with Crippen LogP contribution in [0, 0.1) is 12.7 Å². The Kier molecular flexibility index (Phi) is 5.26. The quantitative estimate of drug-likeness (QED) is 0.736. The van der Waals surface area contributed by atoms with Crippen molar-refractivity contribution in [3.63, 3.8) is 0 Å². The number of esters is 1. The number of benzene rings is 2. The van der Waals surface area contributed by atoms with Gasteiger partial charge in [-0.25, -0.2) is 9.18 Å². The Balaban J connectivity index is 1.64. The van der Waals surface area contributed by atoms with Crippen LogP contribution in [-0.2, 0) is 14.3 Å². The van der Waals surface area contributed by atoms with Gasteiger partial charge in [-0.2, -0.15) is 0 Å². The highest BCUT2D eigenvalue weighted by molar-refractivity contribution is 6.01. The van der Waals surface area contributed by atoms with E-state index in [1.807, 2.05) is 0 Å². The normalized spacial score (nSPS) is 19.8. The van der Waals surface area contributed by atoms with Crippen LogP contribution < -0.4 is 14.8 Å². The van der Waals surface area contributed by atoms with Gasteiger partial charge in [0.25, 0.3) is 0 Å². The number of nitrogens with one attached hydrogen (secondary N) is 1. The summed E-state index contributed by atoms with van der Waals surface area (Å²) in [7, 11) is 2.84. The van der Waals surface area contributed by atoms with Crippen LogP contribution in [0.2, 0.25) is 0 Å². The maximum Gasteiger partial charge on any atom is 0.344 e. The monoisotopic (exact) mass is 428 g/mol. The van der Waals surface area contributed by atoms with Crippen LogP contribution in [0.4, 0.5) is 10.1 Å². The molecule has 162 valence electrons. The van der Waals surface area contributed by atoms with E-state index >= 15 is 0 Å². The maximum atomic E-state index is 13.8. The van der Waals surface area contributed by atoms with Crippen molar-refractivity contribution >= 4 is 23.5 Å². The number of aryl methyl sites for hydroxylation is 1. The van der Waals surface area contributed by atoms with E-state index in [0.29, 0.717) is 16.9 Å². The van der Waals surface area contributed by atoms with E-state index in [4.69, 9.17) is 14.2 Å². The van der Waals surface area contributed by atoms with Gasteiger partial charge in [-0.05, 0) is 43.2 Å². The van der Waals surface area contributed by atoms with Crippen LogP contribution in [0.25, 0.3) is 0 Å². The molecular weight excluding hydrogens is 407 g/mol. The topological polar surface area (TPSA) is 94.2 Å². The molecule has 1 saturated heterocycles. The third-order valence-electron chi connectivity index (χ3n) is 5.52. The van der Waals surface area contributed by atoms with Crippen molar-refractivity contribution in [3.05, 3.63) is 52.8 Å². The molecule has 2 aromatic carbocycles. The molecule has 0 bridgehead atoms. The van der Waals surface area contributed by atoms with E-state index < -0.39 is 30.0 Å². The number of hydrogen-bond donors (Lipinski definition) is 1. The number of ether oxygens (including phenoxy) is 3. The first-order valence-electron chi connectivity index (χ1n) is 9.69. The van der Waals surface area contributed by atoms with Gasteiger partial charge in [-0.15, -0.1) is 0 Å². The molecule has 0 aromatic heterocycles. The average molecular weight is 428 g/mol. The summed E-state index contributed by atoms with van der Waals surface area (Å²) in [4.78, 5) is 39.4. The standard InChI is InChI=1S/C22H21FN2O6/c1-11-4-5-12(10-14(11)23)24-20(27)15-7-9-17(26)25(15)21-13-6-8-16(29-2)19(30-3)18(13)22(28)31-21/h4-6,8,10,15,21H,7,9H2,1-3H3,(H,24,27)/t15-,21?/m0/s1. The van der Waals surface area contributed by atoms with Gasteiger partial charge in [-0.1, -0.05) is 6.07 Å². The van der Waals surface area contributed by atoms with Gasteiger partial charge in [0.2, 0.25) is 18.0 Å². The van der Waals surface area contributed by atoms with E-state index in [1.54, 1.807) is 31.2 Å². The van der Waals surface area contributed by atoms with Gasteiger partial charge < -0.3 is 19.5 Å². The number of carbonyl (C=O) groups excluding carboxylic acids is 3. The summed E-state index contributed by atoms with van der Waals surface area (Å²) in [6.45, 7) is 1.62. The van der Waals surface area contributed by atoms with Gasteiger partial charge in [0, 0.05) is 17.7 Å². The molecule has 1 N–H and O–H groups in total. The van der Waals surface area contributed by atoms with Crippen LogP contribution >= 0.6 is 0 Å². The van der Waals surface area contributed by atoms with E-state index in [9.17, 15) is 18.8 Å². The molecule has 4 rings (SSSR count). The summed E-state index contributed by atoms with van der Waals surface area (Å²) >= 11 is 0. The molecule has 2 heterocycles. The van der Waals surface area contributed by atoms with Crippen LogP contribution in [0.1, 0.15) is 40.6 Å². The second kappa shape index (κ2) is 7.90. The zero-order valence-electron chi connectivity index (χ0n) is 17.2. The van der Waals surface area contributed by atoms with E-state index in [1.165, 1.54) is 25.2 Å². The molecule has 0 saturated carbocycles. The number of methoxy groups -OCH3 is 2. The summed E-state index contributed by atoms with van der Waals surface area (Å²) in [5.41, 5.74) is 1.31. The zero-order chi connectivity index (χ0) is 22.3. The lowest BCUT2D eigenvalue weighted by Crippen LogP contribution is -2.43. The maximum absolute atomic E-state index is 13.8. The van der Waals surface area contributed by atoms with Crippen LogP contribution in [0.3, 0.4) is 0 Å². The SMILES string of the molecule is COc1ccc2c(c1OC)C(=O)OC2N1C(=O)CC[C@H]1C(=O)Nc1ccc(C)c(F)c1. The van der Waals surface area contributed by atoms with Crippen molar-refractivity contribution in [3.8, 4) is 11.5 Å². The molecule has 2 aliphatic heterocycles. The Morgan fingerprint density at radius 2 is 1.97 bits per heavy atom. The number of amides is 2.